The molecule has 2 aromatic rings. The molecule has 1 saturated heterocycles. The molecule has 1 fully saturated rings. The highest BCUT2D eigenvalue weighted by Gasteiger charge is 2.28. The standard InChI is InChI=1S/C20H21F2N3O4S/c1-13(26)23-12-14-6-7-17(30-14)19(28)25-10-8-24(9-11-25)18(27)15-4-2-3-5-16(15)29-20(21)22/h2-7,20H,8-12H2,1H3,(H,23,26). The number of nitrogens with zero attached hydrogens (tertiary/aromatic N) is 2. The fourth-order valence-corrected chi connectivity index (χ4v) is 4.00. The predicted octanol–water partition coefficient (Wildman–Crippen LogP) is 2.58. The molecular weight excluding hydrogens is 416 g/mol. The van der Waals surface area contributed by atoms with Crippen LogP contribution in [0.4, 0.5) is 8.78 Å². The fourth-order valence-electron chi connectivity index (χ4n) is 3.08. The summed E-state index contributed by atoms with van der Waals surface area (Å²) in [6.07, 6.45) is 0. The summed E-state index contributed by atoms with van der Waals surface area (Å²) >= 11 is 1.31. The van der Waals surface area contributed by atoms with Crippen LogP contribution in [0.2, 0.25) is 0 Å². The molecule has 0 radical (unpaired) electrons. The second-order valence-electron chi connectivity index (χ2n) is 6.63. The molecule has 30 heavy (non-hydrogen) atoms. The quantitative estimate of drug-likeness (QED) is 0.754. The van der Waals surface area contributed by atoms with Crippen LogP contribution in [0.15, 0.2) is 36.4 Å². The normalized spacial score (nSPS) is 14.0. The van der Waals surface area contributed by atoms with Crippen LogP contribution in [0.5, 0.6) is 5.75 Å². The van der Waals surface area contributed by atoms with Gasteiger partial charge in [0.1, 0.15) is 5.75 Å². The molecule has 1 aliphatic heterocycles. The van der Waals surface area contributed by atoms with Crippen LogP contribution < -0.4 is 10.1 Å². The van der Waals surface area contributed by atoms with Crippen molar-refractivity contribution in [2.75, 3.05) is 26.2 Å². The molecule has 0 saturated carbocycles. The van der Waals surface area contributed by atoms with Gasteiger partial charge in [0.25, 0.3) is 11.8 Å². The van der Waals surface area contributed by atoms with Gasteiger partial charge in [-0.2, -0.15) is 8.78 Å². The molecule has 0 spiro atoms. The highest BCUT2D eigenvalue weighted by Crippen LogP contribution is 2.23. The fraction of sp³-hybridized carbons (Fsp3) is 0.350. The number of piperazine rings is 1. The highest BCUT2D eigenvalue weighted by atomic mass is 32.1. The van der Waals surface area contributed by atoms with Gasteiger partial charge in [-0.15, -0.1) is 11.3 Å². The van der Waals surface area contributed by atoms with Gasteiger partial charge in [0, 0.05) is 38.0 Å². The summed E-state index contributed by atoms with van der Waals surface area (Å²) in [6.45, 7) is 0.0292. The van der Waals surface area contributed by atoms with E-state index < -0.39 is 12.5 Å². The summed E-state index contributed by atoms with van der Waals surface area (Å²) in [5.41, 5.74) is 0.0680. The van der Waals surface area contributed by atoms with Gasteiger partial charge in [0.15, 0.2) is 0 Å². The van der Waals surface area contributed by atoms with Crippen LogP contribution in [0.25, 0.3) is 0 Å². The van der Waals surface area contributed by atoms with Crippen molar-refractivity contribution in [3.05, 3.63) is 51.7 Å². The average molecular weight is 437 g/mol. The lowest BCUT2D eigenvalue weighted by Crippen LogP contribution is -2.50. The first kappa shape index (κ1) is 21.7. The second-order valence-corrected chi connectivity index (χ2v) is 7.80. The van der Waals surface area contributed by atoms with Crippen LogP contribution in [0.3, 0.4) is 0 Å². The number of benzene rings is 1. The van der Waals surface area contributed by atoms with Crippen LogP contribution in [0.1, 0.15) is 31.8 Å². The average Bonchev–Trinajstić information content (AvgIpc) is 3.20. The molecular formula is C20H21F2N3O4S. The third kappa shape index (κ3) is 5.32. The number of para-hydroxylation sites is 1. The van der Waals surface area contributed by atoms with E-state index in [1.165, 1.54) is 41.4 Å². The SMILES string of the molecule is CC(=O)NCc1ccc(C(=O)N2CCN(C(=O)c3ccccc3OC(F)F)CC2)s1. The van der Waals surface area contributed by atoms with E-state index >= 15 is 0 Å². The highest BCUT2D eigenvalue weighted by molar-refractivity contribution is 7.14. The topological polar surface area (TPSA) is 79.0 Å². The van der Waals surface area contributed by atoms with E-state index in [9.17, 15) is 23.2 Å². The van der Waals surface area contributed by atoms with E-state index in [2.05, 4.69) is 10.1 Å². The number of thiophene rings is 1. The van der Waals surface area contributed by atoms with E-state index in [-0.39, 0.29) is 36.2 Å². The first-order chi connectivity index (χ1) is 14.3. The molecule has 0 atom stereocenters. The maximum absolute atomic E-state index is 12.7. The van der Waals surface area contributed by atoms with Gasteiger partial charge in [-0.25, -0.2) is 0 Å². The van der Waals surface area contributed by atoms with Gasteiger partial charge < -0.3 is 19.9 Å². The maximum atomic E-state index is 12.7. The van der Waals surface area contributed by atoms with E-state index in [4.69, 9.17) is 0 Å². The van der Waals surface area contributed by atoms with Crippen molar-refractivity contribution in [2.24, 2.45) is 0 Å². The molecule has 10 heteroatoms. The van der Waals surface area contributed by atoms with Gasteiger partial charge in [-0.05, 0) is 24.3 Å². The molecule has 1 N–H and O–H groups in total. The molecule has 7 nitrogen and oxygen atoms in total. The number of nitrogens with one attached hydrogen (secondary N) is 1. The molecule has 1 aromatic carbocycles. The van der Waals surface area contributed by atoms with Crippen LogP contribution in [0, 0.1) is 0 Å². The third-order valence-corrected chi connectivity index (χ3v) is 5.64. The van der Waals surface area contributed by atoms with Crippen molar-refractivity contribution in [1.29, 1.82) is 0 Å². The number of hydrogen-bond donors (Lipinski definition) is 1. The van der Waals surface area contributed by atoms with Gasteiger partial charge in [0.2, 0.25) is 5.91 Å². The predicted molar refractivity (Wildman–Crippen MR) is 107 cm³/mol. The Morgan fingerprint density at radius 1 is 1.03 bits per heavy atom. The number of amides is 3. The monoisotopic (exact) mass is 437 g/mol. The third-order valence-electron chi connectivity index (χ3n) is 4.57. The van der Waals surface area contributed by atoms with Crippen molar-refractivity contribution < 1.29 is 27.9 Å². The minimum absolute atomic E-state index is 0.0680. The Hall–Kier alpha value is -3.01. The minimum Gasteiger partial charge on any atom is -0.434 e. The van der Waals surface area contributed by atoms with Crippen LogP contribution in [-0.4, -0.2) is 60.3 Å². The van der Waals surface area contributed by atoms with Crippen LogP contribution in [-0.2, 0) is 11.3 Å². The summed E-state index contributed by atoms with van der Waals surface area (Å²) in [5.74, 6) is -0.853. The number of carbonyl (C=O) groups is 3. The number of halogens is 2. The zero-order valence-electron chi connectivity index (χ0n) is 16.3. The second kappa shape index (κ2) is 9.66. The van der Waals surface area contributed by atoms with Crippen molar-refractivity contribution in [3.8, 4) is 5.75 Å². The Labute approximate surface area is 176 Å². The Bertz CT molecular complexity index is 926. The largest absolute Gasteiger partial charge is 0.434 e. The Balaban J connectivity index is 1.59. The molecule has 1 aromatic heterocycles. The van der Waals surface area contributed by atoms with E-state index in [1.54, 1.807) is 23.1 Å². The van der Waals surface area contributed by atoms with Crippen LogP contribution >= 0.6 is 11.3 Å². The molecule has 0 bridgehead atoms. The molecule has 160 valence electrons. The summed E-state index contributed by atoms with van der Waals surface area (Å²) in [6, 6.07) is 9.40. The number of ether oxygens (including phenoxy) is 1. The molecule has 1 aliphatic rings. The smallest absolute Gasteiger partial charge is 0.387 e. The van der Waals surface area contributed by atoms with Gasteiger partial charge in [0.05, 0.1) is 17.0 Å². The maximum Gasteiger partial charge on any atom is 0.387 e. The van der Waals surface area contributed by atoms with Crippen molar-refractivity contribution in [3.63, 3.8) is 0 Å². The van der Waals surface area contributed by atoms with E-state index in [0.29, 0.717) is 24.5 Å². The molecule has 0 unspecified atom stereocenters. The molecule has 3 rings (SSSR count). The molecule has 2 heterocycles. The Morgan fingerprint density at radius 2 is 1.67 bits per heavy atom. The summed E-state index contributed by atoms with van der Waals surface area (Å²) in [7, 11) is 0. The zero-order chi connectivity index (χ0) is 21.7. The lowest BCUT2D eigenvalue weighted by Gasteiger charge is -2.34. The van der Waals surface area contributed by atoms with Crippen molar-refractivity contribution >= 4 is 29.1 Å². The lowest BCUT2D eigenvalue weighted by atomic mass is 10.1. The first-order valence-electron chi connectivity index (χ1n) is 9.30. The van der Waals surface area contributed by atoms with Gasteiger partial charge >= 0.3 is 6.61 Å². The van der Waals surface area contributed by atoms with Crippen molar-refractivity contribution in [1.82, 2.24) is 15.1 Å². The number of carbonyl (C=O) groups excluding carboxylic acids is 3. The van der Waals surface area contributed by atoms with Crippen molar-refractivity contribution in [2.45, 2.75) is 20.1 Å². The van der Waals surface area contributed by atoms with Gasteiger partial charge in [-0.1, -0.05) is 12.1 Å². The minimum atomic E-state index is -3.02. The Kier molecular flexibility index (Phi) is 6.99. The van der Waals surface area contributed by atoms with E-state index in [0.717, 1.165) is 4.88 Å². The number of hydrogen-bond acceptors (Lipinski definition) is 5. The first-order valence-corrected chi connectivity index (χ1v) is 10.1. The molecule has 0 aliphatic carbocycles. The lowest BCUT2D eigenvalue weighted by molar-refractivity contribution is -0.119. The number of alkyl halides is 2. The van der Waals surface area contributed by atoms with Gasteiger partial charge in [-0.3, -0.25) is 14.4 Å². The molecule has 3 amide bonds. The summed E-state index contributed by atoms with van der Waals surface area (Å²) < 4.78 is 29.6. The Morgan fingerprint density at radius 3 is 2.30 bits per heavy atom. The zero-order valence-corrected chi connectivity index (χ0v) is 17.1. The van der Waals surface area contributed by atoms with E-state index in [1.807, 2.05) is 0 Å². The number of rotatable bonds is 6. The summed E-state index contributed by atoms with van der Waals surface area (Å²) in [4.78, 5) is 41.1. The summed E-state index contributed by atoms with van der Waals surface area (Å²) in [5, 5.41) is 2.69.